The molecule has 0 saturated heterocycles. The predicted octanol–water partition coefficient (Wildman–Crippen LogP) is 4.20. The molecule has 2 rings (SSSR count). The second kappa shape index (κ2) is 5.25. The van der Waals surface area contributed by atoms with Gasteiger partial charge in [-0.3, -0.25) is 9.59 Å². The first-order valence-electron chi connectivity index (χ1n) is 5.60. The number of carbonyl (C=O) groups excluding carboxylic acids is 2. The van der Waals surface area contributed by atoms with Gasteiger partial charge in [0, 0.05) is 10.6 Å². The Labute approximate surface area is 117 Å². The van der Waals surface area contributed by atoms with Crippen molar-refractivity contribution in [2.24, 2.45) is 0 Å². The van der Waals surface area contributed by atoms with Crippen LogP contribution in [0.1, 0.15) is 16.8 Å². The number of hydrogen-bond donors (Lipinski definition) is 0. The minimum Gasteiger partial charge on any atom is -0.294 e. The number of hydrogen-bond acceptors (Lipinski definition) is 2. The maximum atomic E-state index is 12.2. The zero-order valence-electron chi connectivity index (χ0n) is 10.00. The number of benzene rings is 2. The van der Waals surface area contributed by atoms with Gasteiger partial charge in [0.05, 0.1) is 6.42 Å². The first-order chi connectivity index (χ1) is 9.29. The molecule has 0 bridgehead atoms. The maximum absolute atomic E-state index is 12.2. The van der Waals surface area contributed by atoms with Gasteiger partial charge < -0.3 is 0 Å². The van der Waals surface area contributed by atoms with Gasteiger partial charge in [-0.2, -0.15) is 13.2 Å². The van der Waals surface area contributed by atoms with E-state index in [1.165, 1.54) is 18.2 Å². The molecule has 0 aromatic heterocycles. The van der Waals surface area contributed by atoms with E-state index in [1.54, 1.807) is 18.2 Å². The first-order valence-corrected chi connectivity index (χ1v) is 5.98. The van der Waals surface area contributed by atoms with Gasteiger partial charge in [-0.15, -0.1) is 0 Å². The summed E-state index contributed by atoms with van der Waals surface area (Å²) in [5.41, 5.74) is 0.0803. The Morgan fingerprint density at radius 1 is 1.10 bits per heavy atom. The molecule has 0 N–H and O–H groups in total. The Bertz CT molecular complexity index is 692. The highest BCUT2D eigenvalue weighted by molar-refractivity contribution is 6.31. The fourth-order valence-electron chi connectivity index (χ4n) is 1.84. The Morgan fingerprint density at radius 2 is 1.80 bits per heavy atom. The summed E-state index contributed by atoms with van der Waals surface area (Å²) in [6.45, 7) is 0. The Hall–Kier alpha value is -1.88. The molecule has 6 heteroatoms. The van der Waals surface area contributed by atoms with Crippen LogP contribution in [-0.4, -0.2) is 17.7 Å². The van der Waals surface area contributed by atoms with E-state index in [9.17, 15) is 22.8 Å². The Kier molecular flexibility index (Phi) is 3.81. The van der Waals surface area contributed by atoms with Crippen molar-refractivity contribution in [3.63, 3.8) is 0 Å². The fraction of sp³-hybridized carbons (Fsp3) is 0.143. The van der Waals surface area contributed by atoms with Crippen LogP contribution >= 0.6 is 11.6 Å². The van der Waals surface area contributed by atoms with Crippen LogP contribution < -0.4 is 0 Å². The average molecular weight is 301 g/mol. The van der Waals surface area contributed by atoms with E-state index in [2.05, 4.69) is 0 Å². The van der Waals surface area contributed by atoms with Gasteiger partial charge in [-0.05, 0) is 22.9 Å². The van der Waals surface area contributed by atoms with Crippen LogP contribution in [0.2, 0.25) is 5.02 Å². The lowest BCUT2D eigenvalue weighted by atomic mass is 9.99. The standard InChI is InChI=1S/C14H8ClF3O2/c15-9-4-5-10-8(6-9)2-1-3-11(10)12(19)7-13(20)14(16,17)18/h1-6H,7H2. The molecule has 2 aromatic rings. The number of carbonyl (C=O) groups is 2. The molecule has 0 aliphatic heterocycles. The van der Waals surface area contributed by atoms with Crippen molar-refractivity contribution in [2.75, 3.05) is 0 Å². The van der Waals surface area contributed by atoms with E-state index in [4.69, 9.17) is 11.6 Å². The quantitative estimate of drug-likeness (QED) is 0.629. The summed E-state index contributed by atoms with van der Waals surface area (Å²) in [5.74, 6) is -2.91. The van der Waals surface area contributed by atoms with Gasteiger partial charge in [0.25, 0.3) is 0 Å². The number of alkyl halides is 3. The molecule has 0 atom stereocenters. The molecule has 2 aromatic carbocycles. The number of rotatable bonds is 3. The third-order valence-electron chi connectivity index (χ3n) is 2.78. The largest absolute Gasteiger partial charge is 0.450 e. The lowest BCUT2D eigenvalue weighted by Crippen LogP contribution is -2.25. The van der Waals surface area contributed by atoms with Gasteiger partial charge in [0.2, 0.25) is 5.78 Å². The van der Waals surface area contributed by atoms with Crippen LogP contribution in [0.15, 0.2) is 36.4 Å². The van der Waals surface area contributed by atoms with Crippen LogP contribution in [0.5, 0.6) is 0 Å². The molecular formula is C14H8ClF3O2. The van der Waals surface area contributed by atoms with E-state index in [0.29, 0.717) is 15.8 Å². The lowest BCUT2D eigenvalue weighted by Gasteiger charge is -2.07. The van der Waals surface area contributed by atoms with Crippen LogP contribution in [0.4, 0.5) is 13.2 Å². The first kappa shape index (κ1) is 14.5. The van der Waals surface area contributed by atoms with E-state index in [0.717, 1.165) is 0 Å². The van der Waals surface area contributed by atoms with Crippen LogP contribution in [-0.2, 0) is 4.79 Å². The molecular weight excluding hydrogens is 293 g/mol. The molecule has 0 unspecified atom stereocenters. The molecule has 0 saturated carbocycles. The molecule has 0 fully saturated rings. The molecule has 104 valence electrons. The van der Waals surface area contributed by atoms with Crippen LogP contribution in [0, 0.1) is 0 Å². The molecule has 0 aliphatic carbocycles. The molecule has 2 nitrogen and oxygen atoms in total. The van der Waals surface area contributed by atoms with Crippen LogP contribution in [0.3, 0.4) is 0 Å². The number of Topliss-reactive ketones (excluding diaryl/α,β-unsaturated/α-hetero) is 2. The predicted molar refractivity (Wildman–Crippen MR) is 69.0 cm³/mol. The van der Waals surface area contributed by atoms with Crippen molar-refractivity contribution < 1.29 is 22.8 Å². The number of halogens is 4. The van der Waals surface area contributed by atoms with Gasteiger partial charge >= 0.3 is 6.18 Å². The monoisotopic (exact) mass is 300 g/mol. The number of fused-ring (bicyclic) bond motifs is 1. The molecule has 0 aliphatic rings. The molecule has 0 amide bonds. The highest BCUT2D eigenvalue weighted by Gasteiger charge is 2.39. The lowest BCUT2D eigenvalue weighted by molar-refractivity contribution is -0.170. The second-order valence-corrected chi connectivity index (χ2v) is 4.63. The van der Waals surface area contributed by atoms with E-state index in [1.807, 2.05) is 0 Å². The van der Waals surface area contributed by atoms with Crippen molar-refractivity contribution in [3.8, 4) is 0 Å². The van der Waals surface area contributed by atoms with Gasteiger partial charge in [-0.1, -0.05) is 35.9 Å². The van der Waals surface area contributed by atoms with Gasteiger partial charge in [0.15, 0.2) is 5.78 Å². The second-order valence-electron chi connectivity index (χ2n) is 4.19. The van der Waals surface area contributed by atoms with E-state index >= 15 is 0 Å². The summed E-state index contributed by atoms with van der Waals surface area (Å²) in [7, 11) is 0. The highest BCUT2D eigenvalue weighted by Crippen LogP contribution is 2.25. The van der Waals surface area contributed by atoms with Crippen molar-refractivity contribution in [3.05, 3.63) is 47.0 Å². The highest BCUT2D eigenvalue weighted by atomic mass is 35.5. The minimum atomic E-state index is -5.00. The molecule has 0 spiro atoms. The summed E-state index contributed by atoms with van der Waals surface area (Å²) in [4.78, 5) is 22.7. The maximum Gasteiger partial charge on any atom is 0.450 e. The van der Waals surface area contributed by atoms with Crippen molar-refractivity contribution in [2.45, 2.75) is 12.6 Å². The van der Waals surface area contributed by atoms with Gasteiger partial charge in [-0.25, -0.2) is 0 Å². The zero-order valence-corrected chi connectivity index (χ0v) is 10.8. The SMILES string of the molecule is O=C(CC(=O)C(F)(F)F)c1cccc2cc(Cl)ccc12. The van der Waals surface area contributed by atoms with Crippen LogP contribution in [0.25, 0.3) is 10.8 Å². The van der Waals surface area contributed by atoms with E-state index in [-0.39, 0.29) is 5.56 Å². The smallest absolute Gasteiger partial charge is 0.294 e. The molecule has 0 heterocycles. The normalized spacial score (nSPS) is 11.6. The molecule has 20 heavy (non-hydrogen) atoms. The summed E-state index contributed by atoms with van der Waals surface area (Å²) in [5, 5.41) is 1.55. The molecule has 0 radical (unpaired) electrons. The summed E-state index contributed by atoms with van der Waals surface area (Å²) in [6, 6.07) is 9.28. The minimum absolute atomic E-state index is 0.0803. The van der Waals surface area contributed by atoms with E-state index < -0.39 is 24.2 Å². The Morgan fingerprint density at radius 3 is 2.45 bits per heavy atom. The fourth-order valence-corrected chi connectivity index (χ4v) is 2.02. The van der Waals surface area contributed by atoms with Crippen molar-refractivity contribution >= 4 is 33.9 Å². The average Bonchev–Trinajstić information content (AvgIpc) is 2.36. The summed E-state index contributed by atoms with van der Waals surface area (Å²) >= 11 is 5.81. The third-order valence-corrected chi connectivity index (χ3v) is 3.02. The number of ketones is 2. The zero-order chi connectivity index (χ0) is 14.9. The topological polar surface area (TPSA) is 34.1 Å². The third kappa shape index (κ3) is 2.99. The summed E-state index contributed by atoms with van der Waals surface area (Å²) < 4.78 is 36.5. The van der Waals surface area contributed by atoms with Crippen molar-refractivity contribution in [1.82, 2.24) is 0 Å². The van der Waals surface area contributed by atoms with Crippen molar-refractivity contribution in [1.29, 1.82) is 0 Å². The summed E-state index contributed by atoms with van der Waals surface area (Å²) in [6.07, 6.45) is -6.19. The van der Waals surface area contributed by atoms with Gasteiger partial charge in [0.1, 0.15) is 0 Å². The Balaban J connectivity index is 2.38.